The second kappa shape index (κ2) is 8.22. The zero-order valence-corrected chi connectivity index (χ0v) is 20.9. The molecule has 4 rings (SSSR count). The monoisotopic (exact) mass is 470 g/mol. The van der Waals surface area contributed by atoms with Gasteiger partial charge < -0.3 is 10.4 Å². The van der Waals surface area contributed by atoms with Gasteiger partial charge in [0, 0.05) is 26.2 Å². The number of benzene rings is 2. The van der Waals surface area contributed by atoms with Crippen LogP contribution < -0.4 is 5.32 Å². The fourth-order valence-corrected chi connectivity index (χ4v) is 7.57. The van der Waals surface area contributed by atoms with Crippen molar-refractivity contribution in [3.05, 3.63) is 58.7 Å². The number of hydrogen-bond donors (Lipinski definition) is 2. The average molecular weight is 471 g/mol. The van der Waals surface area contributed by atoms with Crippen molar-refractivity contribution in [3.8, 4) is 11.1 Å². The number of carboxylic acids is 1. The van der Waals surface area contributed by atoms with Gasteiger partial charge in [-0.25, -0.2) is 8.42 Å². The molecule has 0 bridgehead atoms. The number of carboxylic acid groups (broad SMARTS) is 1. The smallest absolute Gasteiger partial charge is 0.311 e. The summed E-state index contributed by atoms with van der Waals surface area (Å²) in [5, 5.41) is 12.3. The van der Waals surface area contributed by atoms with E-state index in [1.165, 1.54) is 9.87 Å². The third-order valence-corrected chi connectivity index (χ3v) is 9.57. The van der Waals surface area contributed by atoms with E-state index in [0.717, 1.165) is 22.3 Å². The molecule has 1 aliphatic carbocycles. The van der Waals surface area contributed by atoms with Crippen molar-refractivity contribution in [3.63, 3.8) is 0 Å². The molecule has 7 heteroatoms. The zero-order chi connectivity index (χ0) is 24.2. The van der Waals surface area contributed by atoms with Gasteiger partial charge in [-0.05, 0) is 53.5 Å². The fraction of sp³-hybridized carbons (Fsp3) is 0.500. The van der Waals surface area contributed by atoms with Crippen LogP contribution in [0.3, 0.4) is 0 Å². The van der Waals surface area contributed by atoms with Gasteiger partial charge in [0.15, 0.2) is 0 Å². The predicted octanol–water partition coefficient (Wildman–Crippen LogP) is 3.88. The van der Waals surface area contributed by atoms with Gasteiger partial charge in [-0.1, -0.05) is 62.7 Å². The molecule has 2 aliphatic rings. The number of aliphatic carboxylic acids is 1. The molecule has 2 N–H and O–H groups in total. The van der Waals surface area contributed by atoms with Crippen molar-refractivity contribution in [2.24, 2.45) is 5.41 Å². The Morgan fingerprint density at radius 2 is 1.73 bits per heavy atom. The molecule has 0 radical (unpaired) electrons. The second-order valence-electron chi connectivity index (χ2n) is 10.7. The lowest BCUT2D eigenvalue weighted by atomic mass is 9.85. The summed E-state index contributed by atoms with van der Waals surface area (Å²) in [5.41, 5.74) is 4.11. The second-order valence-corrected chi connectivity index (χ2v) is 12.7. The number of piperazine rings is 1. The van der Waals surface area contributed by atoms with Crippen LogP contribution >= 0.6 is 0 Å². The van der Waals surface area contributed by atoms with Crippen molar-refractivity contribution >= 4 is 16.0 Å². The van der Waals surface area contributed by atoms with Crippen LogP contribution in [0.15, 0.2) is 36.4 Å². The summed E-state index contributed by atoms with van der Waals surface area (Å²) >= 11 is 0. The van der Waals surface area contributed by atoms with E-state index in [4.69, 9.17) is 0 Å². The minimum atomic E-state index is -3.86. The van der Waals surface area contributed by atoms with Crippen LogP contribution in [0, 0.1) is 12.3 Å². The van der Waals surface area contributed by atoms with Crippen molar-refractivity contribution in [1.82, 2.24) is 9.62 Å². The first-order valence-corrected chi connectivity index (χ1v) is 13.0. The molecule has 1 aliphatic heterocycles. The molecule has 0 amide bonds. The lowest BCUT2D eigenvalue weighted by Crippen LogP contribution is -2.50. The van der Waals surface area contributed by atoms with Gasteiger partial charge in [0.05, 0.1) is 5.41 Å². The highest BCUT2D eigenvalue weighted by Crippen LogP contribution is 2.54. The molecule has 1 heterocycles. The standard InChI is InChI=1S/C26H34N2O4S/c1-17-14-20(18-6-8-19(9-7-18)25(2,3)4)22-16-26(5,24(29)30)23(21(22)15-17)33(31,32)28-12-10-27-11-13-28/h6-9,14-15,23,27H,10-13,16H2,1-5H3,(H,29,30). The summed E-state index contributed by atoms with van der Waals surface area (Å²) in [4.78, 5) is 12.5. The van der Waals surface area contributed by atoms with E-state index in [9.17, 15) is 18.3 Å². The minimum Gasteiger partial charge on any atom is -0.481 e. The van der Waals surface area contributed by atoms with E-state index in [2.05, 4.69) is 50.4 Å². The highest BCUT2D eigenvalue weighted by atomic mass is 32.2. The molecule has 2 aromatic rings. The first-order chi connectivity index (χ1) is 15.4. The van der Waals surface area contributed by atoms with E-state index in [0.29, 0.717) is 31.7 Å². The van der Waals surface area contributed by atoms with Crippen molar-refractivity contribution in [1.29, 1.82) is 0 Å². The highest BCUT2D eigenvalue weighted by Gasteiger charge is 2.56. The van der Waals surface area contributed by atoms with Crippen LogP contribution in [0.2, 0.25) is 0 Å². The predicted molar refractivity (Wildman–Crippen MR) is 131 cm³/mol. The topological polar surface area (TPSA) is 86.7 Å². The SMILES string of the molecule is Cc1cc(-c2ccc(C(C)(C)C)cc2)c2c(c1)C(S(=O)(=O)N1CCNCC1)C(C)(C(=O)O)C2. The summed E-state index contributed by atoms with van der Waals surface area (Å²) in [6, 6.07) is 12.3. The Morgan fingerprint density at radius 1 is 1.12 bits per heavy atom. The fourth-order valence-electron chi connectivity index (χ4n) is 5.21. The molecule has 2 aromatic carbocycles. The summed E-state index contributed by atoms with van der Waals surface area (Å²) < 4.78 is 29.1. The molecular weight excluding hydrogens is 436 g/mol. The quantitative estimate of drug-likeness (QED) is 0.708. The number of hydrogen-bond acceptors (Lipinski definition) is 4. The summed E-state index contributed by atoms with van der Waals surface area (Å²) in [6.07, 6.45) is 0.185. The number of fused-ring (bicyclic) bond motifs is 1. The largest absolute Gasteiger partial charge is 0.481 e. The maximum absolute atomic E-state index is 13.8. The Hall–Kier alpha value is -2.22. The lowest BCUT2D eigenvalue weighted by Gasteiger charge is -2.34. The number of nitrogens with zero attached hydrogens (tertiary/aromatic N) is 1. The van der Waals surface area contributed by atoms with Crippen LogP contribution in [0.1, 0.15) is 55.2 Å². The maximum Gasteiger partial charge on any atom is 0.311 e. The van der Waals surface area contributed by atoms with Crippen molar-refractivity contribution < 1.29 is 18.3 Å². The third-order valence-electron chi connectivity index (χ3n) is 7.12. The van der Waals surface area contributed by atoms with Crippen LogP contribution in [0.5, 0.6) is 0 Å². The number of nitrogens with one attached hydrogen (secondary N) is 1. The maximum atomic E-state index is 13.8. The summed E-state index contributed by atoms with van der Waals surface area (Å²) in [7, 11) is -3.86. The summed E-state index contributed by atoms with van der Waals surface area (Å²) in [6.45, 7) is 11.9. The number of aryl methyl sites for hydroxylation is 1. The van der Waals surface area contributed by atoms with Gasteiger partial charge in [0.1, 0.15) is 5.25 Å². The molecule has 0 aromatic heterocycles. The van der Waals surface area contributed by atoms with Crippen LogP contribution in [-0.4, -0.2) is 50.0 Å². The zero-order valence-electron chi connectivity index (χ0n) is 20.1. The normalized spacial score (nSPS) is 24.0. The van der Waals surface area contributed by atoms with E-state index in [-0.39, 0.29) is 11.8 Å². The highest BCUT2D eigenvalue weighted by molar-refractivity contribution is 7.89. The Kier molecular flexibility index (Phi) is 5.96. The average Bonchev–Trinajstić information content (AvgIpc) is 3.07. The molecule has 2 unspecified atom stereocenters. The van der Waals surface area contributed by atoms with Crippen LogP contribution in [0.4, 0.5) is 0 Å². The number of sulfonamides is 1. The molecule has 2 atom stereocenters. The first-order valence-electron chi connectivity index (χ1n) is 11.5. The van der Waals surface area contributed by atoms with Gasteiger partial charge >= 0.3 is 5.97 Å². The molecule has 0 spiro atoms. The van der Waals surface area contributed by atoms with Gasteiger partial charge in [-0.3, -0.25) is 4.79 Å². The van der Waals surface area contributed by atoms with Gasteiger partial charge in [0.25, 0.3) is 0 Å². The molecule has 178 valence electrons. The molecule has 33 heavy (non-hydrogen) atoms. The van der Waals surface area contributed by atoms with Crippen molar-refractivity contribution in [2.75, 3.05) is 26.2 Å². The van der Waals surface area contributed by atoms with Gasteiger partial charge in [-0.15, -0.1) is 0 Å². The van der Waals surface area contributed by atoms with E-state index in [1.807, 2.05) is 19.1 Å². The third kappa shape index (κ3) is 4.11. The van der Waals surface area contributed by atoms with Crippen LogP contribution in [0.25, 0.3) is 11.1 Å². The van der Waals surface area contributed by atoms with Crippen molar-refractivity contribution in [2.45, 2.75) is 51.7 Å². The van der Waals surface area contributed by atoms with E-state index < -0.39 is 26.7 Å². The van der Waals surface area contributed by atoms with E-state index in [1.54, 1.807) is 6.92 Å². The Balaban J connectivity index is 1.88. The number of carbonyl (C=O) groups is 1. The Morgan fingerprint density at radius 3 is 2.27 bits per heavy atom. The number of rotatable bonds is 4. The molecular formula is C26H34N2O4S. The minimum absolute atomic E-state index is 0.0252. The lowest BCUT2D eigenvalue weighted by molar-refractivity contribution is -0.147. The van der Waals surface area contributed by atoms with Gasteiger partial charge in [-0.2, -0.15) is 4.31 Å². The van der Waals surface area contributed by atoms with Crippen LogP contribution in [-0.2, 0) is 26.7 Å². The Labute approximate surface area is 197 Å². The van der Waals surface area contributed by atoms with E-state index >= 15 is 0 Å². The summed E-state index contributed by atoms with van der Waals surface area (Å²) in [5.74, 6) is -1.07. The molecule has 1 fully saturated rings. The first kappa shape index (κ1) is 23.9. The molecule has 6 nitrogen and oxygen atoms in total. The van der Waals surface area contributed by atoms with Gasteiger partial charge in [0.2, 0.25) is 10.0 Å². The molecule has 0 saturated carbocycles. The Bertz CT molecular complexity index is 1180. The molecule has 1 saturated heterocycles.